The standard InChI is InChI=1S/C12H15ClFN/c13-11-3-1-2-9(6-11)7-12(14,8-15)10-4-5-10/h1-3,6,10H,4-5,7-8,15H2. The first kappa shape index (κ1) is 10.9. The molecule has 1 aliphatic carbocycles. The maximum absolute atomic E-state index is 14.4. The third kappa shape index (κ3) is 2.50. The maximum Gasteiger partial charge on any atom is 0.130 e. The van der Waals surface area contributed by atoms with Gasteiger partial charge in [-0.3, -0.25) is 0 Å². The van der Waals surface area contributed by atoms with Crippen molar-refractivity contribution < 1.29 is 4.39 Å². The predicted molar refractivity (Wildman–Crippen MR) is 60.8 cm³/mol. The Labute approximate surface area is 94.4 Å². The SMILES string of the molecule is NCC(F)(Cc1cccc(Cl)c1)C1CC1. The van der Waals surface area contributed by atoms with Crippen molar-refractivity contribution >= 4 is 11.6 Å². The van der Waals surface area contributed by atoms with E-state index in [0.717, 1.165) is 18.4 Å². The Morgan fingerprint density at radius 1 is 1.47 bits per heavy atom. The van der Waals surface area contributed by atoms with E-state index in [1.807, 2.05) is 18.2 Å². The van der Waals surface area contributed by atoms with Crippen LogP contribution in [0.15, 0.2) is 24.3 Å². The van der Waals surface area contributed by atoms with E-state index in [1.54, 1.807) is 6.07 Å². The summed E-state index contributed by atoms with van der Waals surface area (Å²) in [5.74, 6) is 0.154. The summed E-state index contributed by atoms with van der Waals surface area (Å²) in [7, 11) is 0. The summed E-state index contributed by atoms with van der Waals surface area (Å²) in [6.07, 6.45) is 2.32. The number of rotatable bonds is 4. The largest absolute Gasteiger partial charge is 0.328 e. The molecule has 1 atom stereocenters. The van der Waals surface area contributed by atoms with E-state index in [9.17, 15) is 4.39 Å². The van der Waals surface area contributed by atoms with Gasteiger partial charge in [-0.05, 0) is 36.5 Å². The van der Waals surface area contributed by atoms with Gasteiger partial charge < -0.3 is 5.73 Å². The monoisotopic (exact) mass is 227 g/mol. The quantitative estimate of drug-likeness (QED) is 0.841. The minimum atomic E-state index is -1.23. The molecule has 82 valence electrons. The fraction of sp³-hybridized carbons (Fsp3) is 0.500. The Kier molecular flexibility index (Phi) is 2.98. The van der Waals surface area contributed by atoms with Crippen molar-refractivity contribution in [1.29, 1.82) is 0 Å². The minimum Gasteiger partial charge on any atom is -0.328 e. The lowest BCUT2D eigenvalue weighted by Gasteiger charge is -2.23. The molecule has 1 unspecified atom stereocenters. The van der Waals surface area contributed by atoms with Gasteiger partial charge in [0.05, 0.1) is 0 Å². The molecule has 1 saturated carbocycles. The summed E-state index contributed by atoms with van der Waals surface area (Å²) in [6.45, 7) is 0.101. The Hall–Kier alpha value is -0.600. The highest BCUT2D eigenvalue weighted by atomic mass is 35.5. The van der Waals surface area contributed by atoms with Gasteiger partial charge in [-0.25, -0.2) is 4.39 Å². The smallest absolute Gasteiger partial charge is 0.130 e. The van der Waals surface area contributed by atoms with Gasteiger partial charge in [-0.2, -0.15) is 0 Å². The second-order valence-corrected chi connectivity index (χ2v) is 4.76. The fourth-order valence-electron chi connectivity index (χ4n) is 1.97. The fourth-order valence-corrected chi connectivity index (χ4v) is 2.18. The van der Waals surface area contributed by atoms with Crippen molar-refractivity contribution in [3.05, 3.63) is 34.9 Å². The lowest BCUT2D eigenvalue weighted by atomic mass is 9.91. The summed E-state index contributed by atoms with van der Waals surface area (Å²) < 4.78 is 14.4. The first-order valence-corrected chi connectivity index (χ1v) is 5.65. The molecule has 1 aromatic carbocycles. The van der Waals surface area contributed by atoms with E-state index in [0.29, 0.717) is 11.4 Å². The molecule has 0 spiro atoms. The maximum atomic E-state index is 14.4. The molecule has 15 heavy (non-hydrogen) atoms. The Bertz CT molecular complexity index is 351. The van der Waals surface area contributed by atoms with E-state index in [4.69, 9.17) is 17.3 Å². The van der Waals surface area contributed by atoms with Crippen molar-refractivity contribution in [2.75, 3.05) is 6.54 Å². The number of hydrogen-bond acceptors (Lipinski definition) is 1. The van der Waals surface area contributed by atoms with Gasteiger partial charge in [0, 0.05) is 18.0 Å². The number of hydrogen-bond donors (Lipinski definition) is 1. The van der Waals surface area contributed by atoms with E-state index < -0.39 is 5.67 Å². The van der Waals surface area contributed by atoms with Crippen LogP contribution in [-0.4, -0.2) is 12.2 Å². The van der Waals surface area contributed by atoms with E-state index in [-0.39, 0.29) is 12.5 Å². The normalized spacial score (nSPS) is 19.9. The molecule has 1 nitrogen and oxygen atoms in total. The highest BCUT2D eigenvalue weighted by Crippen LogP contribution is 2.43. The number of nitrogens with two attached hydrogens (primary N) is 1. The molecule has 0 amide bonds. The number of halogens is 2. The molecule has 0 aromatic heterocycles. The van der Waals surface area contributed by atoms with Crippen molar-refractivity contribution in [3.63, 3.8) is 0 Å². The Morgan fingerprint density at radius 2 is 2.20 bits per heavy atom. The molecular formula is C12H15ClFN. The van der Waals surface area contributed by atoms with Crippen LogP contribution in [0, 0.1) is 5.92 Å². The number of benzene rings is 1. The zero-order valence-corrected chi connectivity index (χ0v) is 9.30. The van der Waals surface area contributed by atoms with Crippen LogP contribution in [0.5, 0.6) is 0 Å². The molecule has 0 aliphatic heterocycles. The Balaban J connectivity index is 2.12. The summed E-state index contributed by atoms with van der Waals surface area (Å²) in [4.78, 5) is 0. The van der Waals surface area contributed by atoms with Gasteiger partial charge in [0.2, 0.25) is 0 Å². The van der Waals surface area contributed by atoms with Crippen molar-refractivity contribution in [1.82, 2.24) is 0 Å². The first-order valence-electron chi connectivity index (χ1n) is 5.27. The van der Waals surface area contributed by atoms with Crippen molar-refractivity contribution in [3.8, 4) is 0 Å². The van der Waals surface area contributed by atoms with Crippen LogP contribution >= 0.6 is 11.6 Å². The molecule has 1 aromatic rings. The summed E-state index contributed by atoms with van der Waals surface area (Å²) in [5.41, 5.74) is 5.23. The third-order valence-electron chi connectivity index (χ3n) is 3.04. The Morgan fingerprint density at radius 3 is 2.73 bits per heavy atom. The highest BCUT2D eigenvalue weighted by molar-refractivity contribution is 6.30. The molecule has 1 aliphatic rings. The van der Waals surface area contributed by atoms with Crippen LogP contribution < -0.4 is 5.73 Å². The topological polar surface area (TPSA) is 26.0 Å². The van der Waals surface area contributed by atoms with Gasteiger partial charge in [0.25, 0.3) is 0 Å². The van der Waals surface area contributed by atoms with Gasteiger partial charge in [-0.1, -0.05) is 23.7 Å². The van der Waals surface area contributed by atoms with Crippen LogP contribution in [0.4, 0.5) is 4.39 Å². The lowest BCUT2D eigenvalue weighted by molar-refractivity contribution is 0.142. The summed E-state index contributed by atoms with van der Waals surface area (Å²) in [6, 6.07) is 7.36. The van der Waals surface area contributed by atoms with Crippen molar-refractivity contribution in [2.24, 2.45) is 11.7 Å². The molecular weight excluding hydrogens is 213 g/mol. The zero-order chi connectivity index (χ0) is 10.9. The van der Waals surface area contributed by atoms with Gasteiger partial charge >= 0.3 is 0 Å². The van der Waals surface area contributed by atoms with Crippen LogP contribution in [0.1, 0.15) is 18.4 Å². The molecule has 0 radical (unpaired) electrons. The highest BCUT2D eigenvalue weighted by Gasteiger charge is 2.44. The van der Waals surface area contributed by atoms with Crippen molar-refractivity contribution in [2.45, 2.75) is 24.9 Å². The van der Waals surface area contributed by atoms with Crippen LogP contribution in [0.25, 0.3) is 0 Å². The second-order valence-electron chi connectivity index (χ2n) is 4.32. The average Bonchev–Trinajstić information content (AvgIpc) is 3.01. The predicted octanol–water partition coefficient (Wildman–Crippen LogP) is 2.96. The average molecular weight is 228 g/mol. The second kappa shape index (κ2) is 4.11. The summed E-state index contributed by atoms with van der Waals surface area (Å²) in [5, 5.41) is 0.655. The molecule has 0 saturated heterocycles. The molecule has 3 heteroatoms. The first-order chi connectivity index (χ1) is 7.14. The lowest BCUT2D eigenvalue weighted by Crippen LogP contribution is -2.37. The molecule has 1 fully saturated rings. The van der Waals surface area contributed by atoms with Gasteiger partial charge in [0.15, 0.2) is 0 Å². The number of alkyl halides is 1. The minimum absolute atomic E-state index is 0.101. The molecule has 2 N–H and O–H groups in total. The third-order valence-corrected chi connectivity index (χ3v) is 3.27. The van der Waals surface area contributed by atoms with Crippen LogP contribution in [-0.2, 0) is 6.42 Å². The van der Waals surface area contributed by atoms with E-state index in [2.05, 4.69) is 0 Å². The van der Waals surface area contributed by atoms with Gasteiger partial charge in [-0.15, -0.1) is 0 Å². The summed E-state index contributed by atoms with van der Waals surface area (Å²) >= 11 is 5.86. The van der Waals surface area contributed by atoms with E-state index in [1.165, 1.54) is 0 Å². The molecule has 0 heterocycles. The molecule has 2 rings (SSSR count). The van der Waals surface area contributed by atoms with Gasteiger partial charge in [0.1, 0.15) is 5.67 Å². The molecule has 0 bridgehead atoms. The van der Waals surface area contributed by atoms with E-state index >= 15 is 0 Å². The van der Waals surface area contributed by atoms with Crippen LogP contribution in [0.3, 0.4) is 0 Å². The zero-order valence-electron chi connectivity index (χ0n) is 8.55. The van der Waals surface area contributed by atoms with Crippen LogP contribution in [0.2, 0.25) is 5.02 Å².